The summed E-state index contributed by atoms with van der Waals surface area (Å²) in [6.07, 6.45) is 4.68. The molecule has 1 aliphatic carbocycles. The molecule has 110 valence electrons. The van der Waals surface area contributed by atoms with Crippen molar-refractivity contribution >= 4 is 23.6 Å². The summed E-state index contributed by atoms with van der Waals surface area (Å²) in [6.45, 7) is -0.0748. The van der Waals surface area contributed by atoms with Gasteiger partial charge in [0.25, 0.3) is 5.69 Å². The molecule has 1 fully saturated rings. The first-order chi connectivity index (χ1) is 10.0. The molecule has 0 unspecified atom stereocenters. The van der Waals surface area contributed by atoms with E-state index in [2.05, 4.69) is 10.6 Å². The summed E-state index contributed by atoms with van der Waals surface area (Å²) in [6, 6.07) is 6.19. The van der Waals surface area contributed by atoms with E-state index in [4.69, 9.17) is 0 Å². The quantitative estimate of drug-likeness (QED) is 0.463. The smallest absolute Gasteiger partial charge is 0.270 e. The van der Waals surface area contributed by atoms with E-state index in [0.717, 1.165) is 12.8 Å². The Morgan fingerprint density at radius 3 is 2.81 bits per heavy atom. The van der Waals surface area contributed by atoms with Crippen molar-refractivity contribution in [2.75, 3.05) is 6.54 Å². The Kier molecular flexibility index (Phi) is 4.65. The molecule has 2 N–H and O–H groups in total. The second-order valence-corrected chi connectivity index (χ2v) is 4.75. The van der Waals surface area contributed by atoms with Gasteiger partial charge in [-0.15, -0.1) is 0 Å². The molecule has 0 bridgehead atoms. The van der Waals surface area contributed by atoms with Gasteiger partial charge in [-0.05, 0) is 24.5 Å². The average molecular weight is 289 g/mol. The molecule has 0 atom stereocenters. The summed E-state index contributed by atoms with van der Waals surface area (Å²) in [5.74, 6) is -0.637. The van der Waals surface area contributed by atoms with E-state index >= 15 is 0 Å². The number of carbonyl (C=O) groups excluding carboxylic acids is 2. The van der Waals surface area contributed by atoms with Gasteiger partial charge in [0.05, 0.1) is 11.5 Å². The molecule has 1 aromatic carbocycles. The normalized spacial score (nSPS) is 13.9. The number of rotatable bonds is 6. The Bertz CT molecular complexity index is 594. The maximum Gasteiger partial charge on any atom is 0.270 e. The van der Waals surface area contributed by atoms with E-state index in [9.17, 15) is 19.7 Å². The first-order valence-corrected chi connectivity index (χ1v) is 6.54. The van der Waals surface area contributed by atoms with E-state index < -0.39 is 10.8 Å². The van der Waals surface area contributed by atoms with Gasteiger partial charge in [0.15, 0.2) is 0 Å². The monoisotopic (exact) mass is 289 g/mol. The molecule has 0 radical (unpaired) electrons. The highest BCUT2D eigenvalue weighted by Gasteiger charge is 2.22. The highest BCUT2D eigenvalue weighted by Crippen LogP contribution is 2.18. The predicted molar refractivity (Wildman–Crippen MR) is 76.3 cm³/mol. The first kappa shape index (κ1) is 14.7. The maximum absolute atomic E-state index is 11.5. The molecule has 7 heteroatoms. The third kappa shape index (κ3) is 5.06. The number of non-ortho nitro benzene ring substituents is 1. The average Bonchev–Trinajstić information content (AvgIpc) is 3.27. The molecule has 0 aromatic heterocycles. The highest BCUT2D eigenvalue weighted by atomic mass is 16.6. The number of nitrogens with one attached hydrogen (secondary N) is 2. The van der Waals surface area contributed by atoms with E-state index in [1.165, 1.54) is 24.3 Å². The summed E-state index contributed by atoms with van der Waals surface area (Å²) < 4.78 is 0. The summed E-state index contributed by atoms with van der Waals surface area (Å²) in [5.41, 5.74) is 0.503. The zero-order valence-corrected chi connectivity index (χ0v) is 11.2. The Labute approximate surface area is 121 Å². The van der Waals surface area contributed by atoms with Crippen LogP contribution in [-0.4, -0.2) is 29.3 Å². The topological polar surface area (TPSA) is 101 Å². The molecule has 2 rings (SSSR count). The Morgan fingerprint density at radius 1 is 1.38 bits per heavy atom. The molecule has 2 amide bonds. The Hall–Kier alpha value is -2.70. The van der Waals surface area contributed by atoms with Crippen molar-refractivity contribution in [3.63, 3.8) is 0 Å². The molecule has 1 aliphatic rings. The summed E-state index contributed by atoms with van der Waals surface area (Å²) in [5, 5.41) is 15.8. The minimum atomic E-state index is -0.500. The van der Waals surface area contributed by atoms with Crippen LogP contribution in [0.2, 0.25) is 0 Å². The van der Waals surface area contributed by atoms with Gasteiger partial charge in [0.2, 0.25) is 11.8 Å². The number of amides is 2. The molecule has 7 nitrogen and oxygen atoms in total. The fourth-order valence-electron chi connectivity index (χ4n) is 1.65. The molecule has 0 saturated heterocycles. The molecule has 0 heterocycles. The van der Waals surface area contributed by atoms with Crippen LogP contribution in [0.5, 0.6) is 0 Å². The standard InChI is InChI=1S/C14H15N3O4/c18-13(15-9-14(19)16-11-5-6-11)7-4-10-2-1-3-12(8-10)17(20)21/h1-4,7-8,11H,5-6,9H2,(H,15,18)(H,16,19)/b7-4+. The minimum absolute atomic E-state index is 0.0404. The van der Waals surface area contributed by atoms with E-state index in [1.54, 1.807) is 12.1 Å². The number of nitro groups is 1. The van der Waals surface area contributed by atoms with Crippen LogP contribution in [0.25, 0.3) is 6.08 Å². The molecular formula is C14H15N3O4. The lowest BCUT2D eigenvalue weighted by molar-refractivity contribution is -0.384. The minimum Gasteiger partial charge on any atom is -0.352 e. The largest absolute Gasteiger partial charge is 0.352 e. The van der Waals surface area contributed by atoms with E-state index in [0.29, 0.717) is 5.56 Å². The van der Waals surface area contributed by atoms with E-state index in [1.807, 2.05) is 0 Å². The fourth-order valence-corrected chi connectivity index (χ4v) is 1.65. The van der Waals surface area contributed by atoms with Crippen molar-refractivity contribution in [3.8, 4) is 0 Å². The van der Waals surface area contributed by atoms with Gasteiger partial charge in [0.1, 0.15) is 0 Å². The third-order valence-corrected chi connectivity index (χ3v) is 2.87. The van der Waals surface area contributed by atoms with Gasteiger partial charge >= 0.3 is 0 Å². The van der Waals surface area contributed by atoms with Gasteiger partial charge in [0, 0.05) is 24.3 Å². The van der Waals surface area contributed by atoms with Crippen LogP contribution < -0.4 is 10.6 Å². The van der Waals surface area contributed by atoms with Crippen LogP contribution in [0, 0.1) is 10.1 Å². The molecule has 0 spiro atoms. The number of carbonyl (C=O) groups is 2. The lowest BCUT2D eigenvalue weighted by Gasteiger charge is -2.03. The lowest BCUT2D eigenvalue weighted by atomic mass is 10.2. The third-order valence-electron chi connectivity index (χ3n) is 2.87. The van der Waals surface area contributed by atoms with Crippen molar-refractivity contribution in [3.05, 3.63) is 46.0 Å². The van der Waals surface area contributed by atoms with Crippen LogP contribution in [0.15, 0.2) is 30.3 Å². The van der Waals surface area contributed by atoms with Gasteiger partial charge < -0.3 is 10.6 Å². The van der Waals surface area contributed by atoms with Crippen LogP contribution in [0.3, 0.4) is 0 Å². The van der Waals surface area contributed by atoms with Gasteiger partial charge in [-0.25, -0.2) is 0 Å². The van der Waals surface area contributed by atoms with Crippen molar-refractivity contribution < 1.29 is 14.5 Å². The van der Waals surface area contributed by atoms with E-state index in [-0.39, 0.29) is 24.2 Å². The highest BCUT2D eigenvalue weighted by molar-refractivity contribution is 5.94. The second-order valence-electron chi connectivity index (χ2n) is 4.75. The number of nitrogens with zero attached hydrogens (tertiary/aromatic N) is 1. The number of benzene rings is 1. The maximum atomic E-state index is 11.5. The van der Waals surface area contributed by atoms with Gasteiger partial charge in [-0.2, -0.15) is 0 Å². The van der Waals surface area contributed by atoms with Crippen LogP contribution >= 0.6 is 0 Å². The van der Waals surface area contributed by atoms with Crippen LogP contribution in [0.4, 0.5) is 5.69 Å². The Morgan fingerprint density at radius 2 is 2.14 bits per heavy atom. The SMILES string of the molecule is O=C(/C=C/c1cccc([N+](=O)[O-])c1)NCC(=O)NC1CC1. The molecular weight excluding hydrogens is 274 g/mol. The first-order valence-electron chi connectivity index (χ1n) is 6.54. The van der Waals surface area contributed by atoms with Crippen LogP contribution in [-0.2, 0) is 9.59 Å². The second kappa shape index (κ2) is 6.65. The zero-order chi connectivity index (χ0) is 15.2. The predicted octanol–water partition coefficient (Wildman–Crippen LogP) is 1.00. The van der Waals surface area contributed by atoms with Crippen molar-refractivity contribution in [2.45, 2.75) is 18.9 Å². The lowest BCUT2D eigenvalue weighted by Crippen LogP contribution is -2.37. The summed E-state index contributed by atoms with van der Waals surface area (Å²) in [4.78, 5) is 33.0. The number of hydrogen-bond donors (Lipinski definition) is 2. The molecule has 1 aromatic rings. The fraction of sp³-hybridized carbons (Fsp3) is 0.286. The summed E-state index contributed by atoms with van der Waals surface area (Å²) in [7, 11) is 0. The molecule has 21 heavy (non-hydrogen) atoms. The Balaban J connectivity index is 1.82. The van der Waals surface area contributed by atoms with Crippen molar-refractivity contribution in [1.29, 1.82) is 0 Å². The number of hydrogen-bond acceptors (Lipinski definition) is 4. The van der Waals surface area contributed by atoms with Crippen molar-refractivity contribution in [2.24, 2.45) is 0 Å². The molecule has 1 saturated carbocycles. The van der Waals surface area contributed by atoms with Crippen molar-refractivity contribution in [1.82, 2.24) is 10.6 Å². The number of nitro benzene ring substituents is 1. The zero-order valence-electron chi connectivity index (χ0n) is 11.2. The summed E-state index contributed by atoms with van der Waals surface area (Å²) >= 11 is 0. The van der Waals surface area contributed by atoms with Crippen LogP contribution in [0.1, 0.15) is 18.4 Å². The molecule has 0 aliphatic heterocycles. The van der Waals surface area contributed by atoms with Gasteiger partial charge in [-0.3, -0.25) is 19.7 Å². The van der Waals surface area contributed by atoms with Gasteiger partial charge in [-0.1, -0.05) is 12.1 Å².